The van der Waals surface area contributed by atoms with E-state index in [9.17, 15) is 0 Å². The number of hydrogen-bond acceptors (Lipinski definition) is 3. The van der Waals surface area contributed by atoms with Crippen molar-refractivity contribution >= 4 is 11.8 Å². The standard InChI is InChI=1S/C18H24O2S/c1-2-19-17-8-3-4-9-18(17)20-11-10-14-12-15-6-5-7-16(13-14)21-15/h3-4,8-9,12,15-16H,2,5-7,10-11,13H2,1H3. The molecule has 0 aromatic heterocycles. The largest absolute Gasteiger partial charge is 0.490 e. The predicted octanol–water partition coefficient (Wildman–Crippen LogP) is 4.84. The van der Waals surface area contributed by atoms with E-state index in [0.717, 1.165) is 35.0 Å². The molecule has 21 heavy (non-hydrogen) atoms. The highest BCUT2D eigenvalue weighted by Crippen LogP contribution is 2.41. The molecule has 2 nitrogen and oxygen atoms in total. The Bertz CT molecular complexity index is 498. The van der Waals surface area contributed by atoms with E-state index >= 15 is 0 Å². The third kappa shape index (κ3) is 3.97. The lowest BCUT2D eigenvalue weighted by Gasteiger charge is -2.33. The molecule has 2 bridgehead atoms. The molecule has 2 unspecified atom stereocenters. The summed E-state index contributed by atoms with van der Waals surface area (Å²) in [7, 11) is 0. The first-order chi connectivity index (χ1) is 10.3. The van der Waals surface area contributed by atoms with Gasteiger partial charge in [-0.05, 0) is 38.3 Å². The number of hydrogen-bond donors (Lipinski definition) is 0. The molecule has 3 rings (SSSR count). The molecule has 2 aliphatic rings. The summed E-state index contributed by atoms with van der Waals surface area (Å²) in [5.41, 5.74) is 1.59. The molecule has 1 fully saturated rings. The third-order valence-electron chi connectivity index (χ3n) is 4.12. The zero-order chi connectivity index (χ0) is 14.5. The Morgan fingerprint density at radius 1 is 1.14 bits per heavy atom. The van der Waals surface area contributed by atoms with Gasteiger partial charge in [0.2, 0.25) is 0 Å². The minimum absolute atomic E-state index is 0.673. The molecule has 0 radical (unpaired) electrons. The molecule has 114 valence electrons. The van der Waals surface area contributed by atoms with E-state index in [2.05, 4.69) is 17.8 Å². The molecule has 0 N–H and O–H groups in total. The maximum Gasteiger partial charge on any atom is 0.161 e. The van der Waals surface area contributed by atoms with Crippen molar-refractivity contribution in [2.24, 2.45) is 0 Å². The van der Waals surface area contributed by atoms with Crippen LogP contribution in [0.3, 0.4) is 0 Å². The van der Waals surface area contributed by atoms with Crippen LogP contribution in [0.2, 0.25) is 0 Å². The van der Waals surface area contributed by atoms with E-state index in [0.29, 0.717) is 6.61 Å². The zero-order valence-electron chi connectivity index (χ0n) is 12.7. The van der Waals surface area contributed by atoms with Crippen LogP contribution in [0.15, 0.2) is 35.9 Å². The van der Waals surface area contributed by atoms with E-state index in [1.54, 1.807) is 5.57 Å². The van der Waals surface area contributed by atoms with Crippen LogP contribution in [0.5, 0.6) is 11.5 Å². The van der Waals surface area contributed by atoms with Gasteiger partial charge in [0.25, 0.3) is 0 Å². The average Bonchev–Trinajstić information content (AvgIpc) is 2.49. The first kappa shape index (κ1) is 14.8. The lowest BCUT2D eigenvalue weighted by atomic mass is 9.96. The molecule has 3 heteroatoms. The van der Waals surface area contributed by atoms with Gasteiger partial charge in [0.15, 0.2) is 11.5 Å². The fourth-order valence-electron chi connectivity index (χ4n) is 3.15. The minimum Gasteiger partial charge on any atom is -0.490 e. The number of rotatable bonds is 6. The summed E-state index contributed by atoms with van der Waals surface area (Å²) in [6.07, 6.45) is 8.97. The SMILES string of the molecule is CCOc1ccccc1OCCC1=CC2CCCC(C1)S2. The highest BCUT2D eigenvalue weighted by molar-refractivity contribution is 8.00. The van der Waals surface area contributed by atoms with Crippen molar-refractivity contribution in [3.05, 3.63) is 35.9 Å². The van der Waals surface area contributed by atoms with Gasteiger partial charge in [-0.15, -0.1) is 0 Å². The Labute approximate surface area is 131 Å². The molecule has 0 spiro atoms. The average molecular weight is 304 g/mol. The summed E-state index contributed by atoms with van der Waals surface area (Å²) in [4.78, 5) is 0. The lowest BCUT2D eigenvalue weighted by molar-refractivity contribution is 0.278. The summed E-state index contributed by atoms with van der Waals surface area (Å²) < 4.78 is 11.5. The van der Waals surface area contributed by atoms with Gasteiger partial charge < -0.3 is 9.47 Å². The maximum absolute atomic E-state index is 5.94. The molecular weight excluding hydrogens is 280 g/mol. The number of benzene rings is 1. The van der Waals surface area contributed by atoms with Crippen LogP contribution in [0, 0.1) is 0 Å². The predicted molar refractivity (Wildman–Crippen MR) is 89.4 cm³/mol. The van der Waals surface area contributed by atoms with Gasteiger partial charge in [0.1, 0.15) is 0 Å². The van der Waals surface area contributed by atoms with Gasteiger partial charge >= 0.3 is 0 Å². The summed E-state index contributed by atoms with van der Waals surface area (Å²) in [6.45, 7) is 3.42. The molecule has 1 saturated heterocycles. The van der Waals surface area contributed by atoms with Crippen molar-refractivity contribution in [3.8, 4) is 11.5 Å². The minimum atomic E-state index is 0.673. The Kier molecular flexibility index (Phi) is 5.13. The van der Waals surface area contributed by atoms with Crippen molar-refractivity contribution in [3.63, 3.8) is 0 Å². The van der Waals surface area contributed by atoms with Crippen molar-refractivity contribution in [1.82, 2.24) is 0 Å². The molecule has 0 aliphatic carbocycles. The highest BCUT2D eigenvalue weighted by Gasteiger charge is 2.26. The monoisotopic (exact) mass is 304 g/mol. The topological polar surface area (TPSA) is 18.5 Å². The summed E-state index contributed by atoms with van der Waals surface area (Å²) >= 11 is 2.18. The summed E-state index contributed by atoms with van der Waals surface area (Å²) in [6, 6.07) is 7.95. The van der Waals surface area contributed by atoms with Crippen LogP contribution >= 0.6 is 11.8 Å². The first-order valence-corrected chi connectivity index (χ1v) is 8.99. The van der Waals surface area contributed by atoms with Crippen LogP contribution in [-0.2, 0) is 0 Å². The molecule has 0 saturated carbocycles. The van der Waals surface area contributed by atoms with E-state index in [-0.39, 0.29) is 0 Å². The summed E-state index contributed by atoms with van der Waals surface area (Å²) in [5.74, 6) is 1.72. The van der Waals surface area contributed by atoms with E-state index in [4.69, 9.17) is 9.47 Å². The molecule has 2 aliphatic heterocycles. The van der Waals surface area contributed by atoms with Crippen LogP contribution < -0.4 is 9.47 Å². The fraction of sp³-hybridized carbons (Fsp3) is 0.556. The zero-order valence-corrected chi connectivity index (χ0v) is 13.5. The summed E-state index contributed by atoms with van der Waals surface area (Å²) in [5, 5.41) is 1.63. The number of para-hydroxylation sites is 2. The highest BCUT2D eigenvalue weighted by atomic mass is 32.2. The van der Waals surface area contributed by atoms with E-state index < -0.39 is 0 Å². The van der Waals surface area contributed by atoms with Gasteiger partial charge in [0, 0.05) is 16.9 Å². The molecule has 2 atom stereocenters. The van der Waals surface area contributed by atoms with Crippen LogP contribution in [0.25, 0.3) is 0 Å². The molecular formula is C18H24O2S. The molecule has 2 heterocycles. The quantitative estimate of drug-likeness (QED) is 0.701. The van der Waals surface area contributed by atoms with E-state index in [1.165, 1.54) is 25.7 Å². The molecule has 0 amide bonds. The lowest BCUT2D eigenvalue weighted by Crippen LogP contribution is -2.22. The van der Waals surface area contributed by atoms with Gasteiger partial charge in [-0.25, -0.2) is 0 Å². The van der Waals surface area contributed by atoms with Gasteiger partial charge in [-0.2, -0.15) is 11.8 Å². The fourth-order valence-corrected chi connectivity index (χ4v) is 4.83. The second-order valence-corrected chi connectivity index (χ2v) is 7.28. The van der Waals surface area contributed by atoms with Crippen molar-refractivity contribution in [1.29, 1.82) is 0 Å². The van der Waals surface area contributed by atoms with Crippen molar-refractivity contribution in [2.45, 2.75) is 49.5 Å². The number of fused-ring (bicyclic) bond motifs is 2. The van der Waals surface area contributed by atoms with Gasteiger partial charge in [0.05, 0.1) is 13.2 Å². The Morgan fingerprint density at radius 2 is 1.95 bits per heavy atom. The van der Waals surface area contributed by atoms with E-state index in [1.807, 2.05) is 31.2 Å². The number of ether oxygens (including phenoxy) is 2. The Balaban J connectivity index is 1.53. The normalized spacial score (nSPS) is 24.3. The van der Waals surface area contributed by atoms with Crippen LogP contribution in [0.4, 0.5) is 0 Å². The first-order valence-electron chi connectivity index (χ1n) is 8.05. The van der Waals surface area contributed by atoms with Crippen LogP contribution in [0.1, 0.15) is 39.0 Å². The van der Waals surface area contributed by atoms with Crippen molar-refractivity contribution < 1.29 is 9.47 Å². The molecule has 1 aromatic rings. The maximum atomic E-state index is 5.94. The Morgan fingerprint density at radius 3 is 2.71 bits per heavy atom. The van der Waals surface area contributed by atoms with Gasteiger partial charge in [-0.1, -0.05) is 30.2 Å². The van der Waals surface area contributed by atoms with Crippen molar-refractivity contribution in [2.75, 3.05) is 13.2 Å². The second kappa shape index (κ2) is 7.26. The smallest absolute Gasteiger partial charge is 0.161 e. The van der Waals surface area contributed by atoms with Crippen LogP contribution in [-0.4, -0.2) is 23.7 Å². The van der Waals surface area contributed by atoms with Gasteiger partial charge in [-0.3, -0.25) is 0 Å². The second-order valence-electron chi connectivity index (χ2n) is 5.73. The third-order valence-corrected chi connectivity index (χ3v) is 5.63. The number of thioether (sulfide) groups is 1. The molecule has 1 aromatic carbocycles. The Hall–Kier alpha value is -1.09.